The third-order valence-corrected chi connectivity index (χ3v) is 4.93. The van der Waals surface area contributed by atoms with E-state index in [1.54, 1.807) is 6.07 Å². The summed E-state index contributed by atoms with van der Waals surface area (Å²) in [5.74, 6) is 1.16. The second kappa shape index (κ2) is 7.35. The highest BCUT2D eigenvalue weighted by molar-refractivity contribution is 5.94. The van der Waals surface area contributed by atoms with Gasteiger partial charge < -0.3 is 10.7 Å². The van der Waals surface area contributed by atoms with Crippen molar-refractivity contribution >= 4 is 23.5 Å². The first-order valence-electron chi connectivity index (χ1n) is 9.42. The Morgan fingerprint density at radius 3 is 2.61 bits per heavy atom. The van der Waals surface area contributed by atoms with Gasteiger partial charge in [-0.3, -0.25) is 4.79 Å². The SMILES string of the molecule is CC(=O)c1cccc(-c2cc(Nc3cccc(C)n3)c(C=N)c(C3CC3)c2)n1. The van der Waals surface area contributed by atoms with E-state index in [9.17, 15) is 4.79 Å². The van der Waals surface area contributed by atoms with Gasteiger partial charge in [0.15, 0.2) is 5.78 Å². The number of carbonyl (C=O) groups excluding carboxylic acids is 1. The summed E-state index contributed by atoms with van der Waals surface area (Å²) < 4.78 is 0. The summed E-state index contributed by atoms with van der Waals surface area (Å²) in [4.78, 5) is 20.8. The van der Waals surface area contributed by atoms with Crippen LogP contribution in [0.5, 0.6) is 0 Å². The molecule has 1 fully saturated rings. The highest BCUT2D eigenvalue weighted by atomic mass is 16.1. The lowest BCUT2D eigenvalue weighted by Crippen LogP contribution is -2.03. The summed E-state index contributed by atoms with van der Waals surface area (Å²) in [7, 11) is 0. The fourth-order valence-corrected chi connectivity index (χ4v) is 3.36. The maximum Gasteiger partial charge on any atom is 0.178 e. The molecule has 2 N–H and O–H groups in total. The van der Waals surface area contributed by atoms with Crippen LogP contribution >= 0.6 is 0 Å². The van der Waals surface area contributed by atoms with Crippen molar-refractivity contribution in [1.29, 1.82) is 5.41 Å². The Balaban J connectivity index is 1.84. The zero-order valence-corrected chi connectivity index (χ0v) is 16.0. The Morgan fingerprint density at radius 1 is 1.14 bits per heavy atom. The number of carbonyl (C=O) groups is 1. The fourth-order valence-electron chi connectivity index (χ4n) is 3.36. The van der Waals surface area contributed by atoms with Crippen LogP contribution in [0, 0.1) is 12.3 Å². The van der Waals surface area contributed by atoms with Crippen molar-refractivity contribution in [3.8, 4) is 11.3 Å². The van der Waals surface area contributed by atoms with Gasteiger partial charge >= 0.3 is 0 Å². The molecule has 140 valence electrons. The van der Waals surface area contributed by atoms with Crippen molar-refractivity contribution in [3.05, 3.63) is 71.0 Å². The monoisotopic (exact) mass is 370 g/mol. The molecule has 0 atom stereocenters. The van der Waals surface area contributed by atoms with E-state index in [-0.39, 0.29) is 5.78 Å². The van der Waals surface area contributed by atoms with Crippen molar-refractivity contribution in [2.75, 3.05) is 5.32 Å². The number of aromatic nitrogens is 2. The second-order valence-corrected chi connectivity index (χ2v) is 7.20. The third kappa shape index (κ3) is 3.69. The molecule has 0 bridgehead atoms. The Kier molecular flexibility index (Phi) is 4.74. The predicted octanol–water partition coefficient (Wildman–Crippen LogP) is 5.27. The standard InChI is InChI=1S/C23H22N4O/c1-14-5-3-8-23(25-14)27-22-12-17(11-18(16-9-10-16)19(22)13-24)21-7-4-6-20(26-21)15(2)28/h3-8,11-13,16,24H,9-10H2,1-2H3,(H,25,27). The number of ketones is 1. The predicted molar refractivity (Wildman–Crippen MR) is 112 cm³/mol. The number of aryl methyl sites for hydroxylation is 1. The van der Waals surface area contributed by atoms with Gasteiger partial charge in [0.1, 0.15) is 11.5 Å². The van der Waals surface area contributed by atoms with Gasteiger partial charge in [-0.1, -0.05) is 12.1 Å². The molecule has 1 aliphatic carbocycles. The molecule has 2 heterocycles. The van der Waals surface area contributed by atoms with Gasteiger partial charge in [-0.15, -0.1) is 0 Å². The molecule has 0 radical (unpaired) electrons. The van der Waals surface area contributed by atoms with Gasteiger partial charge in [0.2, 0.25) is 0 Å². The van der Waals surface area contributed by atoms with Crippen LogP contribution in [0.4, 0.5) is 11.5 Å². The molecule has 28 heavy (non-hydrogen) atoms. The fraction of sp³-hybridized carbons (Fsp3) is 0.217. The lowest BCUT2D eigenvalue weighted by Gasteiger charge is -2.16. The number of benzene rings is 1. The molecular formula is C23H22N4O. The van der Waals surface area contributed by atoms with Crippen molar-refractivity contribution in [3.63, 3.8) is 0 Å². The normalized spacial score (nSPS) is 13.2. The number of hydrogen-bond acceptors (Lipinski definition) is 5. The first kappa shape index (κ1) is 18.0. The number of rotatable bonds is 6. The van der Waals surface area contributed by atoms with E-state index in [2.05, 4.69) is 21.4 Å². The van der Waals surface area contributed by atoms with E-state index in [0.29, 0.717) is 11.6 Å². The molecule has 4 rings (SSSR count). The number of hydrogen-bond donors (Lipinski definition) is 2. The molecule has 0 aliphatic heterocycles. The molecule has 1 aliphatic rings. The van der Waals surface area contributed by atoms with Crippen LogP contribution in [0.25, 0.3) is 11.3 Å². The minimum Gasteiger partial charge on any atom is -0.340 e. The number of Topliss-reactive ketones (excluding diaryl/α,β-unsaturated/α-hetero) is 1. The summed E-state index contributed by atoms with van der Waals surface area (Å²) >= 11 is 0. The molecule has 5 nitrogen and oxygen atoms in total. The molecule has 1 aromatic carbocycles. The van der Waals surface area contributed by atoms with Crippen molar-refractivity contribution < 1.29 is 4.79 Å². The second-order valence-electron chi connectivity index (χ2n) is 7.20. The quantitative estimate of drug-likeness (QED) is 0.457. The van der Waals surface area contributed by atoms with Crippen LogP contribution in [0.2, 0.25) is 0 Å². The van der Waals surface area contributed by atoms with Crippen LogP contribution < -0.4 is 5.32 Å². The molecule has 0 spiro atoms. The van der Waals surface area contributed by atoms with E-state index in [4.69, 9.17) is 5.41 Å². The van der Waals surface area contributed by atoms with Crippen LogP contribution in [0.1, 0.15) is 53.0 Å². The van der Waals surface area contributed by atoms with Crippen molar-refractivity contribution in [1.82, 2.24) is 9.97 Å². The molecule has 1 saturated carbocycles. The Labute approximate surface area is 164 Å². The highest BCUT2D eigenvalue weighted by Gasteiger charge is 2.28. The Hall–Kier alpha value is -3.34. The third-order valence-electron chi connectivity index (χ3n) is 4.93. The molecule has 3 aromatic rings. The lowest BCUT2D eigenvalue weighted by molar-refractivity contribution is 0.101. The highest BCUT2D eigenvalue weighted by Crippen LogP contribution is 2.44. The maximum absolute atomic E-state index is 11.7. The van der Waals surface area contributed by atoms with Gasteiger partial charge in [-0.05, 0) is 67.6 Å². The molecule has 0 amide bonds. The lowest BCUT2D eigenvalue weighted by atomic mass is 9.96. The zero-order chi connectivity index (χ0) is 19.7. The van der Waals surface area contributed by atoms with Gasteiger partial charge in [0.25, 0.3) is 0 Å². The van der Waals surface area contributed by atoms with Crippen LogP contribution in [-0.2, 0) is 0 Å². The average molecular weight is 370 g/mol. The number of nitrogens with one attached hydrogen (secondary N) is 2. The van der Waals surface area contributed by atoms with Crippen molar-refractivity contribution in [2.24, 2.45) is 0 Å². The van der Waals surface area contributed by atoms with E-state index in [0.717, 1.165) is 52.4 Å². The van der Waals surface area contributed by atoms with Crippen molar-refractivity contribution in [2.45, 2.75) is 32.6 Å². The number of anilines is 2. The van der Waals surface area contributed by atoms with Gasteiger partial charge in [0, 0.05) is 35.6 Å². The molecule has 2 aromatic heterocycles. The smallest absolute Gasteiger partial charge is 0.178 e. The van der Waals surface area contributed by atoms with E-state index >= 15 is 0 Å². The van der Waals surface area contributed by atoms with Gasteiger partial charge in [-0.2, -0.15) is 0 Å². The molecule has 5 heteroatoms. The Morgan fingerprint density at radius 2 is 1.93 bits per heavy atom. The van der Waals surface area contributed by atoms with E-state index in [1.165, 1.54) is 13.1 Å². The van der Waals surface area contributed by atoms with Gasteiger partial charge in [-0.25, -0.2) is 9.97 Å². The van der Waals surface area contributed by atoms with Gasteiger partial charge in [0.05, 0.1) is 5.69 Å². The summed E-state index contributed by atoms with van der Waals surface area (Å²) in [6.07, 6.45) is 3.68. The summed E-state index contributed by atoms with van der Waals surface area (Å²) in [5, 5.41) is 11.4. The van der Waals surface area contributed by atoms with Crippen LogP contribution in [-0.4, -0.2) is 22.0 Å². The molecule has 0 saturated heterocycles. The largest absolute Gasteiger partial charge is 0.340 e. The van der Waals surface area contributed by atoms with Crippen LogP contribution in [0.15, 0.2) is 48.5 Å². The van der Waals surface area contributed by atoms with E-state index < -0.39 is 0 Å². The molecular weight excluding hydrogens is 348 g/mol. The van der Waals surface area contributed by atoms with Crippen LogP contribution in [0.3, 0.4) is 0 Å². The first-order chi connectivity index (χ1) is 13.5. The number of pyridine rings is 2. The van der Waals surface area contributed by atoms with E-state index in [1.807, 2.05) is 43.3 Å². The minimum absolute atomic E-state index is 0.0531. The minimum atomic E-state index is -0.0531. The maximum atomic E-state index is 11.7. The first-order valence-corrected chi connectivity index (χ1v) is 9.42. The zero-order valence-electron chi connectivity index (χ0n) is 16.0. The number of nitrogens with zero attached hydrogens (tertiary/aromatic N) is 2. The summed E-state index contributed by atoms with van der Waals surface area (Å²) in [6, 6.07) is 15.4. The molecule has 0 unspecified atom stereocenters. The average Bonchev–Trinajstić information content (AvgIpc) is 3.53. The summed E-state index contributed by atoms with van der Waals surface area (Å²) in [5.41, 5.74) is 5.95. The summed E-state index contributed by atoms with van der Waals surface area (Å²) in [6.45, 7) is 3.47. The Bertz CT molecular complexity index is 1070. The topological polar surface area (TPSA) is 78.7 Å².